The normalized spacial score (nSPS) is 16.5. The van der Waals surface area contributed by atoms with Gasteiger partial charge in [-0.25, -0.2) is 14.8 Å². The first-order valence-electron chi connectivity index (χ1n) is 8.11. The van der Waals surface area contributed by atoms with Gasteiger partial charge in [-0.1, -0.05) is 0 Å². The lowest BCUT2D eigenvalue weighted by atomic mass is 10.2. The zero-order valence-electron chi connectivity index (χ0n) is 15.1. The summed E-state index contributed by atoms with van der Waals surface area (Å²) in [6.45, 7) is 12.0. The number of hydrogen-bond donors (Lipinski definition) is 1. The molecule has 0 saturated carbocycles. The molecule has 2 heterocycles. The number of carbonyl (C=O) groups excluding carboxylic acids is 1. The number of guanidine groups is 1. The lowest BCUT2D eigenvalue weighted by Gasteiger charge is -2.36. The van der Waals surface area contributed by atoms with Gasteiger partial charge < -0.3 is 24.7 Å². The quantitative estimate of drug-likeness (QED) is 0.651. The Bertz CT molecular complexity index is 590. The van der Waals surface area contributed by atoms with Gasteiger partial charge in [0.05, 0.1) is 5.69 Å². The summed E-state index contributed by atoms with van der Waals surface area (Å²) in [6.07, 6.45) is -0.289. The summed E-state index contributed by atoms with van der Waals surface area (Å²) in [4.78, 5) is 24.3. The second-order valence-electron chi connectivity index (χ2n) is 6.88. The van der Waals surface area contributed by atoms with Crippen LogP contribution in [0.4, 0.5) is 4.79 Å². The number of ether oxygens (including phenoxy) is 1. The Hall–Kier alpha value is -2.25. The third kappa shape index (κ3) is 4.87. The first kappa shape index (κ1) is 18.1. The molecule has 0 spiro atoms. The van der Waals surface area contributed by atoms with Crippen molar-refractivity contribution in [2.45, 2.75) is 46.8 Å². The summed E-state index contributed by atoms with van der Waals surface area (Å²) >= 11 is 0. The van der Waals surface area contributed by atoms with E-state index in [0.29, 0.717) is 44.6 Å². The van der Waals surface area contributed by atoms with E-state index in [-0.39, 0.29) is 6.09 Å². The fourth-order valence-corrected chi connectivity index (χ4v) is 2.30. The van der Waals surface area contributed by atoms with Gasteiger partial charge in [-0.15, -0.1) is 0 Å². The van der Waals surface area contributed by atoms with Crippen molar-refractivity contribution < 1.29 is 13.9 Å². The molecular formula is C16H27N5O3. The highest BCUT2D eigenvalue weighted by Gasteiger charge is 2.26. The standard InChI is InChI=1S/C16H27N5O3/c1-11-12(2)23-13(19-11)10-18-14(17)20-6-8-21(9-7-20)15(22)24-16(3,4)5/h6-10H2,1-5H3,(H2,17,18). The van der Waals surface area contributed by atoms with E-state index >= 15 is 0 Å². The van der Waals surface area contributed by atoms with Crippen LogP contribution in [0.2, 0.25) is 0 Å². The van der Waals surface area contributed by atoms with Crippen molar-refractivity contribution in [2.24, 2.45) is 10.7 Å². The lowest BCUT2D eigenvalue weighted by molar-refractivity contribution is 0.0186. The van der Waals surface area contributed by atoms with Crippen LogP contribution >= 0.6 is 0 Å². The maximum Gasteiger partial charge on any atom is 0.410 e. The van der Waals surface area contributed by atoms with E-state index in [1.54, 1.807) is 4.90 Å². The number of piperazine rings is 1. The number of hydrogen-bond acceptors (Lipinski definition) is 5. The van der Waals surface area contributed by atoms with Gasteiger partial charge in [0, 0.05) is 26.2 Å². The monoisotopic (exact) mass is 337 g/mol. The predicted molar refractivity (Wildman–Crippen MR) is 90.7 cm³/mol. The fraction of sp³-hybridized carbons (Fsp3) is 0.688. The molecule has 24 heavy (non-hydrogen) atoms. The highest BCUT2D eigenvalue weighted by Crippen LogP contribution is 2.12. The highest BCUT2D eigenvalue weighted by atomic mass is 16.6. The third-order valence-corrected chi connectivity index (χ3v) is 3.70. The van der Waals surface area contributed by atoms with E-state index < -0.39 is 5.60 Å². The Morgan fingerprint density at radius 1 is 1.25 bits per heavy atom. The van der Waals surface area contributed by atoms with Crippen molar-refractivity contribution in [1.82, 2.24) is 14.8 Å². The van der Waals surface area contributed by atoms with Crippen LogP contribution in [0.3, 0.4) is 0 Å². The Morgan fingerprint density at radius 2 is 1.83 bits per heavy atom. The summed E-state index contributed by atoms with van der Waals surface area (Å²) in [7, 11) is 0. The van der Waals surface area contributed by atoms with Crippen molar-refractivity contribution >= 4 is 12.1 Å². The third-order valence-electron chi connectivity index (χ3n) is 3.70. The largest absolute Gasteiger partial charge is 0.444 e. The molecule has 1 saturated heterocycles. The average Bonchev–Trinajstić information content (AvgIpc) is 2.82. The molecule has 0 aliphatic carbocycles. The van der Waals surface area contributed by atoms with Crippen molar-refractivity contribution in [2.75, 3.05) is 26.2 Å². The fourth-order valence-electron chi connectivity index (χ4n) is 2.30. The van der Waals surface area contributed by atoms with Crippen LogP contribution in [-0.2, 0) is 11.3 Å². The predicted octanol–water partition coefficient (Wildman–Crippen LogP) is 1.66. The molecule has 0 bridgehead atoms. The number of amides is 1. The van der Waals surface area contributed by atoms with E-state index in [2.05, 4.69) is 9.98 Å². The van der Waals surface area contributed by atoms with E-state index in [9.17, 15) is 4.79 Å². The van der Waals surface area contributed by atoms with Gasteiger partial charge in [0.15, 0.2) is 5.96 Å². The molecule has 1 aliphatic heterocycles. The molecule has 1 fully saturated rings. The number of aromatic nitrogens is 1. The summed E-state index contributed by atoms with van der Waals surface area (Å²) in [5, 5.41) is 0. The van der Waals surface area contributed by atoms with Crippen LogP contribution in [0.15, 0.2) is 9.41 Å². The van der Waals surface area contributed by atoms with Crippen LogP contribution in [0.1, 0.15) is 38.1 Å². The molecule has 134 valence electrons. The molecular weight excluding hydrogens is 310 g/mol. The molecule has 8 nitrogen and oxygen atoms in total. The minimum absolute atomic E-state index is 0.289. The van der Waals surface area contributed by atoms with E-state index in [1.807, 2.05) is 39.5 Å². The van der Waals surface area contributed by atoms with Gasteiger partial charge >= 0.3 is 6.09 Å². The molecule has 1 amide bonds. The van der Waals surface area contributed by atoms with Crippen LogP contribution in [0.5, 0.6) is 0 Å². The number of nitrogens with two attached hydrogens (primary N) is 1. The van der Waals surface area contributed by atoms with Crippen LogP contribution < -0.4 is 5.73 Å². The molecule has 1 aromatic heterocycles. The summed E-state index contributed by atoms with van der Waals surface area (Å²) in [5.74, 6) is 1.79. The SMILES string of the molecule is Cc1nc(CN=C(N)N2CCN(C(=O)OC(C)(C)C)CC2)oc1C. The van der Waals surface area contributed by atoms with Gasteiger partial charge in [0.2, 0.25) is 5.89 Å². The Kier molecular flexibility index (Phi) is 5.36. The van der Waals surface area contributed by atoms with Crippen molar-refractivity contribution in [3.8, 4) is 0 Å². The average molecular weight is 337 g/mol. The number of rotatable bonds is 2. The topological polar surface area (TPSA) is 97.2 Å². The second kappa shape index (κ2) is 7.11. The number of nitrogens with zero attached hydrogens (tertiary/aromatic N) is 4. The molecule has 8 heteroatoms. The second-order valence-corrected chi connectivity index (χ2v) is 6.88. The molecule has 2 N–H and O–H groups in total. The number of carbonyl (C=O) groups is 1. The highest BCUT2D eigenvalue weighted by molar-refractivity contribution is 5.78. The number of aliphatic imine (C=N–C) groups is 1. The first-order valence-corrected chi connectivity index (χ1v) is 8.11. The number of aryl methyl sites for hydroxylation is 2. The summed E-state index contributed by atoms with van der Waals surface area (Å²) in [5.41, 5.74) is 6.42. The zero-order chi connectivity index (χ0) is 17.9. The van der Waals surface area contributed by atoms with E-state index in [4.69, 9.17) is 14.9 Å². The molecule has 1 aromatic rings. The smallest absolute Gasteiger partial charge is 0.410 e. The van der Waals surface area contributed by atoms with Crippen molar-refractivity contribution in [1.29, 1.82) is 0 Å². The van der Waals surface area contributed by atoms with Gasteiger partial charge in [0.25, 0.3) is 0 Å². The molecule has 1 aliphatic rings. The van der Waals surface area contributed by atoms with Gasteiger partial charge in [0.1, 0.15) is 17.9 Å². The van der Waals surface area contributed by atoms with E-state index in [0.717, 1.165) is 11.5 Å². The Morgan fingerprint density at radius 3 is 2.33 bits per heavy atom. The van der Waals surface area contributed by atoms with Crippen LogP contribution in [0.25, 0.3) is 0 Å². The maximum absolute atomic E-state index is 12.0. The van der Waals surface area contributed by atoms with Crippen LogP contribution in [0, 0.1) is 13.8 Å². The first-order chi connectivity index (χ1) is 11.2. The zero-order valence-corrected chi connectivity index (χ0v) is 15.1. The molecule has 0 radical (unpaired) electrons. The van der Waals surface area contributed by atoms with Gasteiger partial charge in [-0.05, 0) is 34.6 Å². The van der Waals surface area contributed by atoms with Crippen molar-refractivity contribution in [3.63, 3.8) is 0 Å². The van der Waals surface area contributed by atoms with E-state index in [1.165, 1.54) is 0 Å². The van der Waals surface area contributed by atoms with Gasteiger partial charge in [-0.2, -0.15) is 0 Å². The van der Waals surface area contributed by atoms with Gasteiger partial charge in [-0.3, -0.25) is 0 Å². The molecule has 0 aromatic carbocycles. The maximum atomic E-state index is 12.0. The van der Waals surface area contributed by atoms with Crippen molar-refractivity contribution in [3.05, 3.63) is 17.3 Å². The Balaban J connectivity index is 1.84. The van der Waals surface area contributed by atoms with Crippen LogP contribution in [-0.4, -0.2) is 58.6 Å². The summed E-state index contributed by atoms with van der Waals surface area (Å²) < 4.78 is 10.9. The summed E-state index contributed by atoms with van der Waals surface area (Å²) in [6, 6.07) is 0. The molecule has 0 unspecified atom stereocenters. The minimum Gasteiger partial charge on any atom is -0.444 e. The minimum atomic E-state index is -0.485. The Labute approximate surface area is 142 Å². The molecule has 2 rings (SSSR count). The lowest BCUT2D eigenvalue weighted by Crippen LogP contribution is -2.53. The molecule has 0 atom stereocenters. The number of oxazole rings is 1.